The van der Waals surface area contributed by atoms with Crippen LogP contribution in [-0.2, 0) is 13.0 Å². The number of halogens is 1. The van der Waals surface area contributed by atoms with Crippen molar-refractivity contribution in [1.82, 2.24) is 24.8 Å². The van der Waals surface area contributed by atoms with Crippen molar-refractivity contribution in [2.24, 2.45) is 0 Å². The minimum atomic E-state index is -0.00319. The number of carbonyl (C=O) groups excluding carboxylic acids is 1. The molecule has 0 radical (unpaired) electrons. The zero-order chi connectivity index (χ0) is 26.8. The molecule has 1 amide bonds. The summed E-state index contributed by atoms with van der Waals surface area (Å²) in [5.74, 6) is 1.40. The van der Waals surface area contributed by atoms with E-state index in [0.29, 0.717) is 30.9 Å². The number of fused-ring (bicyclic) bond motifs is 2. The number of anilines is 1. The maximum absolute atomic E-state index is 13.4. The monoisotopic (exact) mass is 624 g/mol. The summed E-state index contributed by atoms with van der Waals surface area (Å²) >= 11 is 2.19. The number of nitrogens with zero attached hydrogens (tertiary/aromatic N) is 5. The number of amides is 1. The Morgan fingerprint density at radius 3 is 2.54 bits per heavy atom. The maximum Gasteiger partial charge on any atom is 0.254 e. The number of para-hydroxylation sites is 1. The first-order valence-electron chi connectivity index (χ1n) is 12.7. The average molecular weight is 624 g/mol. The molecule has 6 rings (SSSR count). The Morgan fingerprint density at radius 2 is 1.74 bits per heavy atom. The van der Waals surface area contributed by atoms with Gasteiger partial charge in [-0.05, 0) is 70.5 Å². The van der Waals surface area contributed by atoms with Gasteiger partial charge in [0.05, 0.1) is 17.8 Å². The lowest BCUT2D eigenvalue weighted by atomic mass is 10.0. The SMILES string of the molecule is CNc1nc(-c2cnc3ccccc3c2)nc2c1CCN(C(=O)c1ccc(/C=C/c3ccc(I)nc3)cc1)C2. The molecule has 0 unspecified atom stereocenters. The summed E-state index contributed by atoms with van der Waals surface area (Å²) in [5.41, 5.74) is 6.42. The molecule has 0 atom stereocenters. The van der Waals surface area contributed by atoms with Gasteiger partial charge in [-0.3, -0.25) is 9.78 Å². The molecular formula is C31H25IN6O. The molecule has 4 heterocycles. The highest BCUT2D eigenvalue weighted by atomic mass is 127. The van der Waals surface area contributed by atoms with Gasteiger partial charge in [0.2, 0.25) is 0 Å². The van der Waals surface area contributed by atoms with Crippen molar-refractivity contribution in [3.63, 3.8) is 0 Å². The highest BCUT2D eigenvalue weighted by Crippen LogP contribution is 2.28. The second-order valence-corrected chi connectivity index (χ2v) is 10.4. The van der Waals surface area contributed by atoms with Gasteiger partial charge in [0.1, 0.15) is 9.52 Å². The normalized spacial score (nSPS) is 13.0. The van der Waals surface area contributed by atoms with Crippen molar-refractivity contribution in [1.29, 1.82) is 0 Å². The molecule has 1 N–H and O–H groups in total. The number of nitrogens with one attached hydrogen (secondary N) is 1. The second kappa shape index (κ2) is 10.9. The summed E-state index contributed by atoms with van der Waals surface area (Å²) in [6, 6.07) is 21.7. The third kappa shape index (κ3) is 5.37. The van der Waals surface area contributed by atoms with Gasteiger partial charge in [-0.1, -0.05) is 48.6 Å². The minimum Gasteiger partial charge on any atom is -0.373 e. The molecule has 7 nitrogen and oxygen atoms in total. The first kappa shape index (κ1) is 25.1. The summed E-state index contributed by atoms with van der Waals surface area (Å²) in [7, 11) is 1.87. The Hall–Kier alpha value is -4.18. The lowest BCUT2D eigenvalue weighted by Gasteiger charge is -2.29. The van der Waals surface area contributed by atoms with Crippen LogP contribution in [0.5, 0.6) is 0 Å². The molecule has 2 aromatic carbocycles. The summed E-state index contributed by atoms with van der Waals surface area (Å²) in [4.78, 5) is 33.8. The Balaban J connectivity index is 1.22. The van der Waals surface area contributed by atoms with Crippen molar-refractivity contribution < 1.29 is 4.79 Å². The summed E-state index contributed by atoms with van der Waals surface area (Å²) in [6.07, 6.45) is 8.38. The standard InChI is InChI=1S/C31H25IN6O/c1-33-30-25-14-15-38(19-27(25)36-29(37-30)24-16-23-4-2-3-5-26(23)34-18-24)31(39)22-11-8-20(9-12-22)6-7-21-10-13-28(32)35-17-21/h2-13,16-18H,14-15,19H2,1H3,(H,33,36,37)/b7-6+. The number of aromatic nitrogens is 4. The van der Waals surface area contributed by atoms with Crippen LogP contribution in [0.3, 0.4) is 0 Å². The highest BCUT2D eigenvalue weighted by molar-refractivity contribution is 14.1. The van der Waals surface area contributed by atoms with Crippen LogP contribution >= 0.6 is 22.6 Å². The van der Waals surface area contributed by atoms with E-state index in [1.54, 1.807) is 6.20 Å². The molecular weight excluding hydrogens is 599 g/mol. The van der Waals surface area contributed by atoms with Crippen LogP contribution in [-0.4, -0.2) is 44.3 Å². The second-order valence-electron chi connectivity index (χ2n) is 9.33. The fourth-order valence-electron chi connectivity index (χ4n) is 4.73. The molecule has 0 aliphatic carbocycles. The molecule has 5 aromatic rings. The third-order valence-corrected chi connectivity index (χ3v) is 7.45. The summed E-state index contributed by atoms with van der Waals surface area (Å²) in [5, 5.41) is 4.26. The average Bonchev–Trinajstić information content (AvgIpc) is 2.99. The molecule has 0 bridgehead atoms. The van der Waals surface area contributed by atoms with E-state index < -0.39 is 0 Å². The topological polar surface area (TPSA) is 83.9 Å². The van der Waals surface area contributed by atoms with Gasteiger partial charge >= 0.3 is 0 Å². The number of benzene rings is 2. The van der Waals surface area contributed by atoms with Gasteiger partial charge in [-0.2, -0.15) is 0 Å². The van der Waals surface area contributed by atoms with E-state index in [0.717, 1.165) is 48.4 Å². The zero-order valence-corrected chi connectivity index (χ0v) is 23.5. The fourth-order valence-corrected chi connectivity index (χ4v) is 5.05. The van der Waals surface area contributed by atoms with Crippen molar-refractivity contribution >= 4 is 57.4 Å². The van der Waals surface area contributed by atoms with Crippen LogP contribution in [0, 0.1) is 3.70 Å². The van der Waals surface area contributed by atoms with Crippen LogP contribution in [0.2, 0.25) is 0 Å². The van der Waals surface area contributed by atoms with E-state index in [4.69, 9.17) is 9.97 Å². The predicted octanol–water partition coefficient (Wildman–Crippen LogP) is 6.10. The van der Waals surface area contributed by atoms with E-state index in [-0.39, 0.29) is 5.91 Å². The largest absolute Gasteiger partial charge is 0.373 e. The number of carbonyl (C=O) groups is 1. The number of hydrogen-bond donors (Lipinski definition) is 1. The summed E-state index contributed by atoms with van der Waals surface area (Å²) < 4.78 is 0.962. The molecule has 8 heteroatoms. The Kier molecular flexibility index (Phi) is 7.02. The number of rotatable bonds is 5. The predicted molar refractivity (Wildman–Crippen MR) is 163 cm³/mol. The maximum atomic E-state index is 13.4. The lowest BCUT2D eigenvalue weighted by Crippen LogP contribution is -2.37. The smallest absolute Gasteiger partial charge is 0.254 e. The molecule has 0 fully saturated rings. The molecule has 3 aromatic heterocycles. The lowest BCUT2D eigenvalue weighted by molar-refractivity contribution is 0.0732. The molecule has 1 aliphatic rings. The van der Waals surface area contributed by atoms with E-state index >= 15 is 0 Å². The van der Waals surface area contributed by atoms with Gasteiger partial charge in [-0.15, -0.1) is 0 Å². The van der Waals surface area contributed by atoms with Gasteiger partial charge in [0.15, 0.2) is 5.82 Å². The fraction of sp³-hybridized carbons (Fsp3) is 0.129. The van der Waals surface area contributed by atoms with Crippen LogP contribution in [0.1, 0.15) is 32.7 Å². The minimum absolute atomic E-state index is 0.00319. The van der Waals surface area contributed by atoms with E-state index in [1.807, 2.05) is 91.0 Å². The molecule has 1 aliphatic heterocycles. The number of hydrogen-bond acceptors (Lipinski definition) is 6. The van der Waals surface area contributed by atoms with Crippen molar-refractivity contribution in [2.45, 2.75) is 13.0 Å². The van der Waals surface area contributed by atoms with E-state index in [9.17, 15) is 4.79 Å². The number of pyridine rings is 2. The molecule has 0 saturated carbocycles. The molecule has 0 spiro atoms. The molecule has 0 saturated heterocycles. The van der Waals surface area contributed by atoms with E-state index in [2.05, 4.69) is 43.9 Å². The van der Waals surface area contributed by atoms with Gasteiger partial charge in [-0.25, -0.2) is 15.0 Å². The van der Waals surface area contributed by atoms with Gasteiger partial charge < -0.3 is 10.2 Å². The Labute approximate surface area is 240 Å². The molecule has 39 heavy (non-hydrogen) atoms. The zero-order valence-electron chi connectivity index (χ0n) is 21.3. The van der Waals surface area contributed by atoms with Crippen LogP contribution in [0.4, 0.5) is 5.82 Å². The van der Waals surface area contributed by atoms with Crippen molar-refractivity contribution in [2.75, 3.05) is 18.9 Å². The summed E-state index contributed by atoms with van der Waals surface area (Å²) in [6.45, 7) is 1.04. The van der Waals surface area contributed by atoms with Crippen LogP contribution in [0.15, 0.2) is 79.1 Å². The molecule has 192 valence electrons. The van der Waals surface area contributed by atoms with Gasteiger partial charge in [0.25, 0.3) is 5.91 Å². The Morgan fingerprint density at radius 1 is 0.949 bits per heavy atom. The first-order chi connectivity index (χ1) is 19.1. The Bertz CT molecular complexity index is 1700. The van der Waals surface area contributed by atoms with Crippen LogP contribution < -0.4 is 5.32 Å². The van der Waals surface area contributed by atoms with Crippen LogP contribution in [0.25, 0.3) is 34.4 Å². The van der Waals surface area contributed by atoms with Gasteiger partial charge in [0, 0.05) is 48.1 Å². The third-order valence-electron chi connectivity index (χ3n) is 6.81. The van der Waals surface area contributed by atoms with E-state index in [1.165, 1.54) is 0 Å². The van der Waals surface area contributed by atoms with Crippen molar-refractivity contribution in [3.05, 3.63) is 111 Å². The first-order valence-corrected chi connectivity index (χ1v) is 13.8. The highest BCUT2D eigenvalue weighted by Gasteiger charge is 2.26. The van der Waals surface area contributed by atoms with Crippen molar-refractivity contribution in [3.8, 4) is 11.4 Å². The quantitative estimate of drug-likeness (QED) is 0.188.